The highest BCUT2D eigenvalue weighted by atomic mass is 79.9. The molecule has 1 aromatic carbocycles. The second-order valence-electron chi connectivity index (χ2n) is 3.78. The molecular formula is C12H9BrClFN4O. The molecular weight excluding hydrogens is 351 g/mol. The normalized spacial score (nSPS) is 10.2. The molecule has 104 valence electrons. The zero-order chi connectivity index (χ0) is 14.7. The van der Waals surface area contributed by atoms with Crippen LogP contribution in [-0.2, 0) is 0 Å². The van der Waals surface area contributed by atoms with Crippen molar-refractivity contribution >= 4 is 44.9 Å². The fourth-order valence-corrected chi connectivity index (χ4v) is 2.04. The maximum Gasteiger partial charge on any atom is 0.257 e. The van der Waals surface area contributed by atoms with E-state index in [1.54, 1.807) is 0 Å². The van der Waals surface area contributed by atoms with Gasteiger partial charge in [0.1, 0.15) is 5.82 Å². The van der Waals surface area contributed by atoms with Crippen molar-refractivity contribution in [2.45, 2.75) is 0 Å². The van der Waals surface area contributed by atoms with Gasteiger partial charge in [-0.1, -0.05) is 27.5 Å². The number of carbonyl (C=O) groups is 1. The van der Waals surface area contributed by atoms with E-state index < -0.39 is 11.7 Å². The van der Waals surface area contributed by atoms with E-state index in [1.807, 2.05) is 0 Å². The van der Waals surface area contributed by atoms with Crippen LogP contribution in [0.5, 0.6) is 0 Å². The van der Waals surface area contributed by atoms with E-state index in [2.05, 4.69) is 31.7 Å². The Balaban J connectivity index is 2.24. The Kier molecular flexibility index (Phi) is 4.53. The largest absolute Gasteiger partial charge is 0.319 e. The van der Waals surface area contributed by atoms with E-state index in [0.717, 1.165) is 0 Å². The van der Waals surface area contributed by atoms with Crippen LogP contribution in [0.3, 0.4) is 0 Å². The van der Waals surface area contributed by atoms with Gasteiger partial charge >= 0.3 is 0 Å². The topological polar surface area (TPSA) is 80.0 Å². The van der Waals surface area contributed by atoms with E-state index in [4.69, 9.17) is 17.4 Å². The van der Waals surface area contributed by atoms with Crippen LogP contribution in [0.25, 0.3) is 0 Å². The van der Waals surface area contributed by atoms with E-state index in [0.29, 0.717) is 4.47 Å². The van der Waals surface area contributed by atoms with Gasteiger partial charge in [-0.05, 0) is 24.3 Å². The molecule has 0 spiro atoms. The van der Waals surface area contributed by atoms with Crippen LogP contribution < -0.4 is 16.6 Å². The first kappa shape index (κ1) is 14.7. The number of nitrogens with zero attached hydrogens (tertiary/aromatic N) is 1. The van der Waals surface area contributed by atoms with Crippen LogP contribution in [0.4, 0.5) is 15.9 Å². The standard InChI is InChI=1S/C12H9BrClFN4O/c13-7-1-2-9(15)10(4-7)18-12(20)6-3-8(14)11(19-16)17-5-6/h1-5H,16H2,(H,17,19)(H,18,20). The number of benzene rings is 1. The number of nitrogens with one attached hydrogen (secondary N) is 2. The zero-order valence-electron chi connectivity index (χ0n) is 9.95. The second-order valence-corrected chi connectivity index (χ2v) is 5.10. The summed E-state index contributed by atoms with van der Waals surface area (Å²) in [5.41, 5.74) is 2.53. The molecule has 0 aliphatic rings. The molecule has 2 aromatic rings. The zero-order valence-corrected chi connectivity index (χ0v) is 12.3. The lowest BCUT2D eigenvalue weighted by Crippen LogP contribution is -2.15. The quantitative estimate of drug-likeness (QED) is 0.581. The van der Waals surface area contributed by atoms with Gasteiger partial charge in [-0.2, -0.15) is 0 Å². The highest BCUT2D eigenvalue weighted by Gasteiger charge is 2.12. The molecule has 1 aromatic heterocycles. The Morgan fingerprint density at radius 1 is 1.40 bits per heavy atom. The van der Waals surface area contributed by atoms with Crippen molar-refractivity contribution in [3.8, 4) is 0 Å². The third kappa shape index (κ3) is 3.24. The first-order valence-electron chi connectivity index (χ1n) is 5.40. The van der Waals surface area contributed by atoms with Crippen LogP contribution in [0.1, 0.15) is 10.4 Å². The number of aromatic nitrogens is 1. The van der Waals surface area contributed by atoms with Gasteiger partial charge in [-0.15, -0.1) is 0 Å². The van der Waals surface area contributed by atoms with Gasteiger partial charge in [0.15, 0.2) is 5.82 Å². The molecule has 0 atom stereocenters. The summed E-state index contributed by atoms with van der Waals surface area (Å²) >= 11 is 9.07. The average Bonchev–Trinajstić information content (AvgIpc) is 2.42. The van der Waals surface area contributed by atoms with Crippen LogP contribution in [0, 0.1) is 5.82 Å². The number of nitrogens with two attached hydrogens (primary N) is 1. The van der Waals surface area contributed by atoms with Gasteiger partial charge in [0, 0.05) is 10.7 Å². The summed E-state index contributed by atoms with van der Waals surface area (Å²) in [6.07, 6.45) is 1.28. The van der Waals surface area contributed by atoms with Gasteiger partial charge < -0.3 is 10.7 Å². The molecule has 0 bridgehead atoms. The molecule has 0 aliphatic carbocycles. The highest BCUT2D eigenvalue weighted by molar-refractivity contribution is 9.10. The van der Waals surface area contributed by atoms with Crippen LogP contribution in [0.2, 0.25) is 5.02 Å². The number of pyridine rings is 1. The number of hydrogen-bond donors (Lipinski definition) is 3. The van der Waals surface area contributed by atoms with Crippen molar-refractivity contribution in [2.24, 2.45) is 5.84 Å². The Morgan fingerprint density at radius 2 is 2.15 bits per heavy atom. The third-order valence-electron chi connectivity index (χ3n) is 2.42. The lowest BCUT2D eigenvalue weighted by atomic mass is 10.2. The SMILES string of the molecule is NNc1ncc(C(=O)Nc2cc(Br)ccc2F)cc1Cl. The molecule has 0 fully saturated rings. The smallest absolute Gasteiger partial charge is 0.257 e. The van der Waals surface area contributed by atoms with Crippen LogP contribution in [0.15, 0.2) is 34.9 Å². The number of carbonyl (C=O) groups excluding carboxylic acids is 1. The molecule has 0 aliphatic heterocycles. The second kappa shape index (κ2) is 6.17. The lowest BCUT2D eigenvalue weighted by Gasteiger charge is -2.08. The van der Waals surface area contributed by atoms with Gasteiger partial charge in [-0.25, -0.2) is 15.2 Å². The number of amides is 1. The molecule has 0 saturated heterocycles. The van der Waals surface area contributed by atoms with Crippen LogP contribution >= 0.6 is 27.5 Å². The molecule has 8 heteroatoms. The number of hydrazine groups is 1. The predicted octanol–water partition coefficient (Wildman–Crippen LogP) is 3.17. The van der Waals surface area contributed by atoms with Crippen molar-refractivity contribution in [3.05, 3.63) is 51.3 Å². The Bertz CT molecular complexity index is 668. The molecule has 0 radical (unpaired) electrons. The Morgan fingerprint density at radius 3 is 2.80 bits per heavy atom. The first-order chi connectivity index (χ1) is 9.51. The monoisotopic (exact) mass is 358 g/mol. The Labute approximate surface area is 127 Å². The summed E-state index contributed by atoms with van der Waals surface area (Å²) < 4.78 is 14.2. The van der Waals surface area contributed by atoms with E-state index in [-0.39, 0.29) is 22.1 Å². The number of rotatable bonds is 3. The average molecular weight is 360 g/mol. The maximum absolute atomic E-state index is 13.5. The van der Waals surface area contributed by atoms with Crippen molar-refractivity contribution < 1.29 is 9.18 Å². The third-order valence-corrected chi connectivity index (χ3v) is 3.20. The minimum absolute atomic E-state index is 0.0570. The molecule has 5 nitrogen and oxygen atoms in total. The lowest BCUT2D eigenvalue weighted by molar-refractivity contribution is 0.102. The van der Waals surface area contributed by atoms with Crippen LogP contribution in [-0.4, -0.2) is 10.9 Å². The molecule has 2 rings (SSSR count). The van der Waals surface area contributed by atoms with E-state index in [9.17, 15) is 9.18 Å². The number of anilines is 2. The molecule has 4 N–H and O–H groups in total. The van der Waals surface area contributed by atoms with Gasteiger partial charge in [0.25, 0.3) is 5.91 Å². The van der Waals surface area contributed by atoms with E-state index in [1.165, 1.54) is 30.5 Å². The summed E-state index contributed by atoms with van der Waals surface area (Å²) in [5, 5.41) is 2.63. The summed E-state index contributed by atoms with van der Waals surface area (Å²) in [6.45, 7) is 0. The molecule has 0 unspecified atom stereocenters. The number of hydrogen-bond acceptors (Lipinski definition) is 4. The van der Waals surface area contributed by atoms with Crippen molar-refractivity contribution in [1.82, 2.24) is 4.98 Å². The minimum atomic E-state index is -0.541. The summed E-state index contributed by atoms with van der Waals surface area (Å²) in [4.78, 5) is 15.9. The molecule has 20 heavy (non-hydrogen) atoms. The van der Waals surface area contributed by atoms with Gasteiger partial charge in [0.05, 0.1) is 16.3 Å². The molecule has 1 heterocycles. The summed E-state index contributed by atoms with van der Waals surface area (Å²) in [5.74, 6) is 4.36. The summed E-state index contributed by atoms with van der Waals surface area (Å²) in [6, 6.07) is 5.62. The molecule has 1 amide bonds. The first-order valence-corrected chi connectivity index (χ1v) is 6.57. The Hall–Kier alpha value is -1.70. The summed E-state index contributed by atoms with van der Waals surface area (Å²) in [7, 11) is 0. The fourth-order valence-electron chi connectivity index (χ4n) is 1.46. The van der Waals surface area contributed by atoms with Gasteiger partial charge in [0.2, 0.25) is 0 Å². The van der Waals surface area contributed by atoms with Gasteiger partial charge in [-0.3, -0.25) is 4.79 Å². The fraction of sp³-hybridized carbons (Fsp3) is 0. The predicted molar refractivity (Wildman–Crippen MR) is 79.1 cm³/mol. The molecule has 0 saturated carbocycles. The van der Waals surface area contributed by atoms with Crippen molar-refractivity contribution in [1.29, 1.82) is 0 Å². The van der Waals surface area contributed by atoms with Crippen molar-refractivity contribution in [3.63, 3.8) is 0 Å². The highest BCUT2D eigenvalue weighted by Crippen LogP contribution is 2.22. The van der Waals surface area contributed by atoms with E-state index >= 15 is 0 Å². The maximum atomic E-state index is 13.5. The number of halogens is 3. The minimum Gasteiger partial charge on any atom is -0.319 e. The van der Waals surface area contributed by atoms with Crippen molar-refractivity contribution in [2.75, 3.05) is 10.7 Å². The number of nitrogen functional groups attached to an aromatic ring is 1.